The largest absolute Gasteiger partial charge is 0.324 e. The lowest BCUT2D eigenvalue weighted by Crippen LogP contribution is -2.18. The molecular weight excluding hydrogens is 258 g/mol. The number of hydrogen-bond acceptors (Lipinski definition) is 1. The van der Waals surface area contributed by atoms with Gasteiger partial charge < -0.3 is 5.32 Å². The summed E-state index contributed by atoms with van der Waals surface area (Å²) < 4.78 is 0. The molecule has 0 saturated carbocycles. The van der Waals surface area contributed by atoms with Crippen molar-refractivity contribution in [1.82, 2.24) is 0 Å². The minimum atomic E-state index is -0.680. The lowest BCUT2D eigenvalue weighted by Gasteiger charge is -2.14. The second-order valence-electron chi connectivity index (χ2n) is 4.53. The molecule has 2 nitrogen and oxygen atoms in total. The number of alkyl halides is 1. The van der Waals surface area contributed by atoms with E-state index in [1.165, 1.54) is 0 Å². The van der Waals surface area contributed by atoms with Gasteiger partial charge in [-0.1, -0.05) is 48.5 Å². The molecule has 1 amide bonds. The summed E-state index contributed by atoms with van der Waals surface area (Å²) in [7, 11) is 0. The molecule has 2 rings (SSSR count). The highest BCUT2D eigenvalue weighted by molar-refractivity contribution is 6.32. The van der Waals surface area contributed by atoms with E-state index >= 15 is 0 Å². The predicted molar refractivity (Wildman–Crippen MR) is 79.6 cm³/mol. The van der Waals surface area contributed by atoms with Gasteiger partial charge in [-0.05, 0) is 30.5 Å². The predicted octanol–water partition coefficient (Wildman–Crippen LogP) is 4.22. The molecule has 2 aromatic rings. The zero-order chi connectivity index (χ0) is 13.8. The van der Waals surface area contributed by atoms with Gasteiger partial charge in [-0.15, -0.1) is 11.6 Å². The fraction of sp³-hybridized carbons (Fsp3) is 0.188. The summed E-state index contributed by atoms with van der Waals surface area (Å²) in [6.45, 7) is 3.93. The summed E-state index contributed by atoms with van der Waals surface area (Å²) in [5.41, 5.74) is 3.71. The summed E-state index contributed by atoms with van der Waals surface area (Å²) in [5, 5.41) is 2.23. The number of hydrogen-bond donors (Lipinski definition) is 1. The van der Waals surface area contributed by atoms with E-state index in [1.54, 1.807) is 0 Å². The molecule has 0 aromatic heterocycles. The van der Waals surface area contributed by atoms with Crippen LogP contribution < -0.4 is 5.32 Å². The van der Waals surface area contributed by atoms with E-state index in [1.807, 2.05) is 62.4 Å². The van der Waals surface area contributed by atoms with Crippen molar-refractivity contribution < 1.29 is 4.79 Å². The first kappa shape index (κ1) is 13.6. The molecule has 1 N–H and O–H groups in total. The van der Waals surface area contributed by atoms with Crippen LogP contribution in [0.15, 0.2) is 48.5 Å². The summed E-state index contributed by atoms with van der Waals surface area (Å²) >= 11 is 6.20. The molecule has 19 heavy (non-hydrogen) atoms. The van der Waals surface area contributed by atoms with Crippen LogP contribution in [0.4, 0.5) is 5.69 Å². The molecule has 3 heteroatoms. The molecule has 1 atom stereocenters. The van der Waals surface area contributed by atoms with Crippen molar-refractivity contribution in [2.45, 2.75) is 19.2 Å². The van der Waals surface area contributed by atoms with Gasteiger partial charge in [-0.3, -0.25) is 4.79 Å². The van der Waals surface area contributed by atoms with Crippen molar-refractivity contribution in [2.75, 3.05) is 5.32 Å². The van der Waals surface area contributed by atoms with Crippen molar-refractivity contribution >= 4 is 23.2 Å². The maximum absolute atomic E-state index is 12.2. The number of para-hydroxylation sites is 1. The number of carbonyl (C=O) groups excluding carboxylic acids is 1. The molecule has 2 aromatic carbocycles. The highest BCUT2D eigenvalue weighted by atomic mass is 35.5. The number of anilines is 1. The molecule has 0 unspecified atom stereocenters. The Balaban J connectivity index is 2.18. The number of aryl methyl sites for hydroxylation is 2. The number of carbonyl (C=O) groups is 1. The van der Waals surface area contributed by atoms with Crippen molar-refractivity contribution in [2.24, 2.45) is 0 Å². The van der Waals surface area contributed by atoms with Crippen LogP contribution in [0.1, 0.15) is 22.1 Å². The molecule has 0 spiro atoms. The average Bonchev–Trinajstić information content (AvgIpc) is 2.43. The second kappa shape index (κ2) is 5.89. The van der Waals surface area contributed by atoms with Gasteiger partial charge >= 0.3 is 0 Å². The lowest BCUT2D eigenvalue weighted by molar-refractivity contribution is -0.116. The van der Waals surface area contributed by atoms with Gasteiger partial charge in [0.05, 0.1) is 0 Å². The Hall–Kier alpha value is -1.80. The standard InChI is InChI=1S/C16H16ClNO/c1-11-7-6-8-12(2)15(11)18-16(19)14(17)13-9-4-3-5-10-13/h3-10,14H,1-2H3,(H,18,19)/t14-/m1/s1. The Morgan fingerprint density at radius 1 is 1.00 bits per heavy atom. The quantitative estimate of drug-likeness (QED) is 0.834. The van der Waals surface area contributed by atoms with E-state index in [-0.39, 0.29) is 5.91 Å². The second-order valence-corrected chi connectivity index (χ2v) is 4.97. The Bertz CT molecular complexity index is 560. The fourth-order valence-corrected chi connectivity index (χ4v) is 2.17. The third-order valence-corrected chi connectivity index (χ3v) is 3.50. The normalized spacial score (nSPS) is 11.9. The Kier molecular flexibility index (Phi) is 4.23. The zero-order valence-electron chi connectivity index (χ0n) is 11.0. The highest BCUT2D eigenvalue weighted by Crippen LogP contribution is 2.25. The number of amides is 1. The maximum atomic E-state index is 12.2. The van der Waals surface area contributed by atoms with E-state index in [4.69, 9.17) is 11.6 Å². The SMILES string of the molecule is Cc1cccc(C)c1NC(=O)[C@H](Cl)c1ccccc1. The Labute approximate surface area is 118 Å². The van der Waals surface area contributed by atoms with Crippen molar-refractivity contribution in [3.05, 3.63) is 65.2 Å². The van der Waals surface area contributed by atoms with Gasteiger partial charge in [-0.25, -0.2) is 0 Å². The smallest absolute Gasteiger partial charge is 0.246 e. The van der Waals surface area contributed by atoms with Gasteiger partial charge in [0.25, 0.3) is 0 Å². The van der Waals surface area contributed by atoms with Crippen molar-refractivity contribution in [3.63, 3.8) is 0 Å². The summed E-state index contributed by atoms with van der Waals surface area (Å²) in [4.78, 5) is 12.2. The first-order valence-electron chi connectivity index (χ1n) is 6.15. The average molecular weight is 274 g/mol. The van der Waals surface area contributed by atoms with Crippen LogP contribution in [0.2, 0.25) is 0 Å². The van der Waals surface area contributed by atoms with E-state index < -0.39 is 5.38 Å². The number of nitrogens with one attached hydrogen (secondary N) is 1. The van der Waals surface area contributed by atoms with Gasteiger partial charge in [0.15, 0.2) is 0 Å². The van der Waals surface area contributed by atoms with E-state index in [0.717, 1.165) is 22.4 Å². The molecule has 0 heterocycles. The Morgan fingerprint density at radius 2 is 1.58 bits per heavy atom. The molecule has 0 aliphatic rings. The van der Waals surface area contributed by atoms with E-state index in [0.29, 0.717) is 0 Å². The zero-order valence-corrected chi connectivity index (χ0v) is 11.7. The monoisotopic (exact) mass is 273 g/mol. The van der Waals surface area contributed by atoms with Gasteiger partial charge in [0.1, 0.15) is 5.38 Å². The third-order valence-electron chi connectivity index (χ3n) is 3.05. The molecule has 0 aliphatic heterocycles. The van der Waals surface area contributed by atoms with Gasteiger partial charge in [-0.2, -0.15) is 0 Å². The topological polar surface area (TPSA) is 29.1 Å². The van der Waals surface area contributed by atoms with Gasteiger partial charge in [0, 0.05) is 5.69 Å². The minimum absolute atomic E-state index is 0.203. The number of halogens is 1. The molecule has 0 aliphatic carbocycles. The van der Waals surface area contributed by atoms with Gasteiger partial charge in [0.2, 0.25) is 5.91 Å². The summed E-state index contributed by atoms with van der Waals surface area (Å²) in [6.07, 6.45) is 0. The highest BCUT2D eigenvalue weighted by Gasteiger charge is 2.18. The van der Waals surface area contributed by atoms with Crippen molar-refractivity contribution in [1.29, 1.82) is 0 Å². The van der Waals surface area contributed by atoms with E-state index in [2.05, 4.69) is 5.32 Å². The molecule has 0 saturated heterocycles. The maximum Gasteiger partial charge on any atom is 0.246 e. The number of rotatable bonds is 3. The molecular formula is C16H16ClNO. The van der Waals surface area contributed by atoms with Crippen LogP contribution in [0.5, 0.6) is 0 Å². The van der Waals surface area contributed by atoms with Crippen LogP contribution in [0.3, 0.4) is 0 Å². The molecule has 0 radical (unpaired) electrons. The number of benzene rings is 2. The Morgan fingerprint density at radius 3 is 2.16 bits per heavy atom. The third kappa shape index (κ3) is 3.15. The minimum Gasteiger partial charge on any atom is -0.324 e. The summed E-state index contributed by atoms with van der Waals surface area (Å²) in [5.74, 6) is -0.203. The van der Waals surface area contributed by atoms with Crippen LogP contribution in [-0.4, -0.2) is 5.91 Å². The van der Waals surface area contributed by atoms with Crippen LogP contribution in [0, 0.1) is 13.8 Å². The fourth-order valence-electron chi connectivity index (χ4n) is 1.97. The molecule has 98 valence electrons. The first-order valence-corrected chi connectivity index (χ1v) is 6.59. The molecule has 0 bridgehead atoms. The first-order chi connectivity index (χ1) is 9.09. The van der Waals surface area contributed by atoms with E-state index in [9.17, 15) is 4.79 Å². The van der Waals surface area contributed by atoms with Crippen LogP contribution in [-0.2, 0) is 4.79 Å². The van der Waals surface area contributed by atoms with Crippen LogP contribution >= 0.6 is 11.6 Å². The lowest BCUT2D eigenvalue weighted by atomic mass is 10.1. The molecule has 0 fully saturated rings. The van der Waals surface area contributed by atoms with Crippen molar-refractivity contribution in [3.8, 4) is 0 Å². The van der Waals surface area contributed by atoms with Crippen LogP contribution in [0.25, 0.3) is 0 Å². The summed E-state index contributed by atoms with van der Waals surface area (Å²) in [6, 6.07) is 15.2.